The summed E-state index contributed by atoms with van der Waals surface area (Å²) in [5.74, 6) is 1.18. The molecule has 0 unspecified atom stereocenters. The molecule has 2 aromatic carbocycles. The zero-order chi connectivity index (χ0) is 21.8. The van der Waals surface area contributed by atoms with E-state index in [0.29, 0.717) is 26.2 Å². The van der Waals surface area contributed by atoms with Gasteiger partial charge in [-0.25, -0.2) is 0 Å². The van der Waals surface area contributed by atoms with E-state index >= 15 is 0 Å². The van der Waals surface area contributed by atoms with Gasteiger partial charge in [0.1, 0.15) is 11.3 Å². The van der Waals surface area contributed by atoms with Crippen molar-refractivity contribution in [3.63, 3.8) is 0 Å². The van der Waals surface area contributed by atoms with Crippen LogP contribution < -0.4 is 9.64 Å². The maximum atomic E-state index is 12.8. The van der Waals surface area contributed by atoms with Crippen LogP contribution in [0.4, 0.5) is 11.5 Å². The Morgan fingerprint density at radius 3 is 2.29 bits per heavy atom. The number of carbonyl (C=O) groups is 1. The number of carbonyl (C=O) groups excluding carboxylic acids is 1. The minimum Gasteiger partial charge on any atom is -0.497 e. The number of benzene rings is 2. The molecule has 0 radical (unpaired) electrons. The first kappa shape index (κ1) is 20.3. The first-order valence-corrected chi connectivity index (χ1v) is 9.82. The third-order valence-electron chi connectivity index (χ3n) is 5.26. The Hall–Kier alpha value is -4.01. The van der Waals surface area contributed by atoms with Crippen molar-refractivity contribution in [3.05, 3.63) is 76.3 Å². The van der Waals surface area contributed by atoms with Crippen LogP contribution in [-0.2, 0) is 0 Å². The summed E-state index contributed by atoms with van der Waals surface area (Å²) >= 11 is 0. The van der Waals surface area contributed by atoms with Gasteiger partial charge in [0.25, 0.3) is 11.6 Å². The van der Waals surface area contributed by atoms with Crippen LogP contribution in [0.1, 0.15) is 10.4 Å². The number of piperazine rings is 1. The summed E-state index contributed by atoms with van der Waals surface area (Å²) in [7, 11) is 1.62. The number of anilines is 1. The quantitative estimate of drug-likeness (QED) is 0.463. The van der Waals surface area contributed by atoms with E-state index in [1.807, 2.05) is 41.3 Å². The minimum atomic E-state index is -0.524. The van der Waals surface area contributed by atoms with Crippen molar-refractivity contribution in [2.75, 3.05) is 38.2 Å². The van der Waals surface area contributed by atoms with Crippen molar-refractivity contribution in [2.24, 2.45) is 0 Å². The van der Waals surface area contributed by atoms with Crippen molar-refractivity contribution >= 4 is 17.4 Å². The highest BCUT2D eigenvalue weighted by Gasteiger charge is 2.27. The maximum Gasteiger partial charge on any atom is 0.282 e. The largest absolute Gasteiger partial charge is 0.497 e. The predicted octanol–water partition coefficient (Wildman–Crippen LogP) is 3.02. The van der Waals surface area contributed by atoms with Crippen molar-refractivity contribution in [3.8, 4) is 17.0 Å². The lowest BCUT2D eigenvalue weighted by molar-refractivity contribution is -0.385. The molecular formula is C22H21N5O4. The number of nitro groups is 1. The molecule has 9 heteroatoms. The second-order valence-electron chi connectivity index (χ2n) is 7.06. The molecule has 1 aliphatic heterocycles. The van der Waals surface area contributed by atoms with Crippen LogP contribution >= 0.6 is 0 Å². The fourth-order valence-corrected chi connectivity index (χ4v) is 3.53. The van der Waals surface area contributed by atoms with Gasteiger partial charge in [-0.1, -0.05) is 12.1 Å². The number of nitrogens with zero attached hydrogens (tertiary/aromatic N) is 5. The lowest BCUT2D eigenvalue weighted by Crippen LogP contribution is -2.49. The normalized spacial score (nSPS) is 13.7. The number of rotatable bonds is 5. The fraction of sp³-hybridized carbons (Fsp3) is 0.227. The molecule has 1 amide bonds. The average molecular weight is 419 g/mol. The molecule has 3 aromatic rings. The molecule has 9 nitrogen and oxygen atoms in total. The number of nitro benzene ring substituents is 1. The smallest absolute Gasteiger partial charge is 0.282 e. The van der Waals surface area contributed by atoms with Crippen LogP contribution in [0.5, 0.6) is 5.75 Å². The van der Waals surface area contributed by atoms with Crippen LogP contribution in [0.15, 0.2) is 60.7 Å². The molecule has 0 aliphatic carbocycles. The molecule has 4 rings (SSSR count). The minimum absolute atomic E-state index is 0.115. The molecule has 0 spiro atoms. The Kier molecular flexibility index (Phi) is 5.74. The van der Waals surface area contributed by atoms with E-state index < -0.39 is 4.92 Å². The number of para-hydroxylation sites is 1. The van der Waals surface area contributed by atoms with Gasteiger partial charge < -0.3 is 14.5 Å². The number of aromatic nitrogens is 2. The first-order valence-electron chi connectivity index (χ1n) is 9.82. The lowest BCUT2D eigenvalue weighted by Gasteiger charge is -2.35. The fourth-order valence-electron chi connectivity index (χ4n) is 3.53. The van der Waals surface area contributed by atoms with Gasteiger partial charge in [0.2, 0.25) is 0 Å². The molecule has 1 aromatic heterocycles. The molecule has 2 heterocycles. The summed E-state index contributed by atoms with van der Waals surface area (Å²) in [6, 6.07) is 17.5. The van der Waals surface area contributed by atoms with E-state index in [4.69, 9.17) is 4.74 Å². The lowest BCUT2D eigenvalue weighted by atomic mass is 10.1. The van der Waals surface area contributed by atoms with Gasteiger partial charge in [0.05, 0.1) is 17.7 Å². The molecule has 0 saturated carbocycles. The van der Waals surface area contributed by atoms with Crippen LogP contribution in [-0.4, -0.2) is 59.2 Å². The van der Waals surface area contributed by atoms with Crippen LogP contribution in [0.2, 0.25) is 0 Å². The van der Waals surface area contributed by atoms with E-state index in [0.717, 1.165) is 22.8 Å². The highest BCUT2D eigenvalue weighted by molar-refractivity contribution is 5.98. The highest BCUT2D eigenvalue weighted by Crippen LogP contribution is 2.23. The van der Waals surface area contributed by atoms with Crippen molar-refractivity contribution in [2.45, 2.75) is 0 Å². The van der Waals surface area contributed by atoms with Gasteiger partial charge >= 0.3 is 0 Å². The van der Waals surface area contributed by atoms with Crippen LogP contribution in [0.3, 0.4) is 0 Å². The van der Waals surface area contributed by atoms with E-state index in [9.17, 15) is 14.9 Å². The van der Waals surface area contributed by atoms with Gasteiger partial charge in [-0.05, 0) is 42.5 Å². The summed E-state index contributed by atoms with van der Waals surface area (Å²) in [5.41, 5.74) is 1.65. The number of amides is 1. The zero-order valence-corrected chi connectivity index (χ0v) is 17.0. The summed E-state index contributed by atoms with van der Waals surface area (Å²) in [4.78, 5) is 27.2. The average Bonchev–Trinajstić information content (AvgIpc) is 2.84. The Morgan fingerprint density at radius 2 is 1.68 bits per heavy atom. The summed E-state index contributed by atoms with van der Waals surface area (Å²) < 4.78 is 5.17. The molecule has 31 heavy (non-hydrogen) atoms. The molecule has 1 saturated heterocycles. The van der Waals surface area contributed by atoms with Gasteiger partial charge in [0.15, 0.2) is 5.82 Å². The summed E-state index contributed by atoms with van der Waals surface area (Å²) in [5, 5.41) is 19.9. The topological polar surface area (TPSA) is 102 Å². The van der Waals surface area contributed by atoms with Crippen LogP contribution in [0.25, 0.3) is 11.3 Å². The number of methoxy groups -OCH3 is 1. The second kappa shape index (κ2) is 8.78. The predicted molar refractivity (Wildman–Crippen MR) is 115 cm³/mol. The van der Waals surface area contributed by atoms with Crippen molar-refractivity contribution in [1.82, 2.24) is 15.1 Å². The Labute approximate surface area is 179 Å². The van der Waals surface area contributed by atoms with Gasteiger partial charge in [-0.15, -0.1) is 10.2 Å². The summed E-state index contributed by atoms with van der Waals surface area (Å²) in [6.07, 6.45) is 0. The highest BCUT2D eigenvalue weighted by atomic mass is 16.6. The van der Waals surface area contributed by atoms with Gasteiger partial charge in [-0.3, -0.25) is 14.9 Å². The second-order valence-corrected chi connectivity index (χ2v) is 7.06. The summed E-state index contributed by atoms with van der Waals surface area (Å²) in [6.45, 7) is 2.05. The van der Waals surface area contributed by atoms with E-state index in [2.05, 4.69) is 10.2 Å². The third kappa shape index (κ3) is 4.30. The molecule has 158 valence electrons. The molecular weight excluding hydrogens is 398 g/mol. The standard InChI is InChI=1S/C22H21N5O4/c1-31-17-8-6-16(7-9-17)19-10-11-21(24-23-19)25-12-14-26(15-13-25)22(28)18-4-2-3-5-20(18)27(29)30/h2-11H,12-15H2,1H3. The zero-order valence-electron chi connectivity index (χ0n) is 17.0. The Balaban J connectivity index is 1.41. The Morgan fingerprint density at radius 1 is 0.968 bits per heavy atom. The van der Waals surface area contributed by atoms with Gasteiger partial charge in [0, 0.05) is 37.8 Å². The van der Waals surface area contributed by atoms with E-state index in [1.165, 1.54) is 12.1 Å². The van der Waals surface area contributed by atoms with Crippen molar-refractivity contribution < 1.29 is 14.5 Å². The Bertz CT molecular complexity index is 1080. The number of hydrogen-bond donors (Lipinski definition) is 0. The molecule has 0 N–H and O–H groups in total. The van der Waals surface area contributed by atoms with Gasteiger partial charge in [-0.2, -0.15) is 0 Å². The van der Waals surface area contributed by atoms with Crippen LogP contribution in [0, 0.1) is 10.1 Å². The molecule has 0 bridgehead atoms. The van der Waals surface area contributed by atoms with E-state index in [1.54, 1.807) is 24.1 Å². The van der Waals surface area contributed by atoms with E-state index in [-0.39, 0.29) is 17.2 Å². The molecule has 0 atom stereocenters. The monoisotopic (exact) mass is 419 g/mol. The first-order chi connectivity index (χ1) is 15.1. The number of ether oxygens (including phenoxy) is 1. The molecule has 1 fully saturated rings. The SMILES string of the molecule is COc1ccc(-c2ccc(N3CCN(C(=O)c4ccccc4[N+](=O)[O-])CC3)nn2)cc1. The molecule has 1 aliphatic rings. The number of hydrogen-bond acceptors (Lipinski definition) is 7. The maximum absolute atomic E-state index is 12.8. The third-order valence-corrected chi connectivity index (χ3v) is 5.26. The van der Waals surface area contributed by atoms with Crippen molar-refractivity contribution in [1.29, 1.82) is 0 Å².